The molecule has 0 bridgehead atoms. The van der Waals surface area contributed by atoms with Crippen molar-refractivity contribution in [1.29, 1.82) is 0 Å². The van der Waals surface area contributed by atoms with Crippen LogP contribution in [-0.4, -0.2) is 23.2 Å². The van der Waals surface area contributed by atoms with Crippen LogP contribution in [0.1, 0.15) is 37.5 Å². The fraction of sp³-hybridized carbons (Fsp3) is 0.190. The minimum Gasteiger partial charge on any atom is -0.292 e. The van der Waals surface area contributed by atoms with Gasteiger partial charge >= 0.3 is 0 Å². The average Bonchev–Trinajstić information content (AvgIpc) is 3.09. The summed E-state index contributed by atoms with van der Waals surface area (Å²) in [5.74, 6) is -0.310. The van der Waals surface area contributed by atoms with Gasteiger partial charge in [0.1, 0.15) is 0 Å². The van der Waals surface area contributed by atoms with Crippen LogP contribution in [0.4, 0.5) is 5.13 Å². The largest absolute Gasteiger partial charge is 0.292 e. The van der Waals surface area contributed by atoms with E-state index >= 15 is 0 Å². The number of halogens is 2. The second-order valence-corrected chi connectivity index (χ2v) is 9.71. The Bertz CT molecular complexity index is 1060. The molecule has 3 aromatic rings. The number of thiazole rings is 1. The summed E-state index contributed by atoms with van der Waals surface area (Å²) in [5.41, 5.74) is 4.05. The molecule has 0 atom stereocenters. The Hall–Kier alpha value is -1.33. The Morgan fingerprint density at radius 2 is 1.54 bits per heavy atom. The van der Waals surface area contributed by atoms with Crippen LogP contribution in [0.15, 0.2) is 41.8 Å². The van der Waals surface area contributed by atoms with Crippen molar-refractivity contribution < 1.29 is 9.59 Å². The van der Waals surface area contributed by atoms with E-state index in [0.717, 1.165) is 24.0 Å². The number of amides is 1. The van der Waals surface area contributed by atoms with E-state index < -0.39 is 0 Å². The topological polar surface area (TPSA) is 50.3 Å². The zero-order chi connectivity index (χ0) is 20.4. The molecule has 0 saturated heterocycles. The van der Waals surface area contributed by atoms with E-state index in [4.69, 9.17) is 0 Å². The first kappa shape index (κ1) is 21.4. The molecule has 0 radical (unpaired) electrons. The number of ketones is 1. The standard InChI is InChI=1S/C21H18I2N2O2S/c1-12-4-6-17(22)15(8-12)19(26)10-25(21-24-14(3)11-28-21)20(27)16-9-13(2)5-7-18(16)23/h4-9,11H,10H2,1-3H3. The van der Waals surface area contributed by atoms with Crippen LogP contribution in [0.5, 0.6) is 0 Å². The summed E-state index contributed by atoms with van der Waals surface area (Å²) < 4.78 is 1.73. The molecule has 144 valence electrons. The molecule has 1 aromatic heterocycles. The lowest BCUT2D eigenvalue weighted by Gasteiger charge is -2.20. The van der Waals surface area contributed by atoms with Crippen LogP contribution in [0.2, 0.25) is 0 Å². The van der Waals surface area contributed by atoms with Crippen molar-refractivity contribution in [2.24, 2.45) is 0 Å². The van der Waals surface area contributed by atoms with E-state index in [1.165, 1.54) is 16.2 Å². The summed E-state index contributed by atoms with van der Waals surface area (Å²) in [7, 11) is 0. The molecule has 0 spiro atoms. The van der Waals surface area contributed by atoms with Gasteiger partial charge in [0.2, 0.25) is 0 Å². The highest BCUT2D eigenvalue weighted by Gasteiger charge is 2.26. The van der Waals surface area contributed by atoms with Crippen molar-refractivity contribution >= 4 is 73.3 Å². The zero-order valence-electron chi connectivity index (χ0n) is 15.6. The number of benzene rings is 2. The molecular weight excluding hydrogens is 598 g/mol. The first-order chi connectivity index (χ1) is 13.3. The van der Waals surface area contributed by atoms with E-state index in [0.29, 0.717) is 16.3 Å². The number of anilines is 1. The zero-order valence-corrected chi connectivity index (χ0v) is 20.8. The number of carbonyl (C=O) groups excluding carboxylic acids is 2. The van der Waals surface area contributed by atoms with E-state index in [2.05, 4.69) is 50.2 Å². The fourth-order valence-electron chi connectivity index (χ4n) is 2.72. The number of Topliss-reactive ketones (excluding diaryl/α,β-unsaturated/α-hetero) is 1. The lowest BCUT2D eigenvalue weighted by atomic mass is 10.1. The van der Waals surface area contributed by atoms with Gasteiger partial charge in [0.25, 0.3) is 5.91 Å². The number of aryl methyl sites for hydroxylation is 3. The minimum absolute atomic E-state index is 0.0464. The molecule has 1 amide bonds. The molecule has 0 aliphatic carbocycles. The normalized spacial score (nSPS) is 10.8. The second-order valence-electron chi connectivity index (χ2n) is 6.55. The van der Waals surface area contributed by atoms with Crippen LogP contribution in [0.25, 0.3) is 0 Å². The Labute approximate surface area is 195 Å². The van der Waals surface area contributed by atoms with Gasteiger partial charge in [0.15, 0.2) is 10.9 Å². The quantitative estimate of drug-likeness (QED) is 0.269. The highest BCUT2D eigenvalue weighted by atomic mass is 127. The lowest BCUT2D eigenvalue weighted by molar-refractivity contribution is 0.0936. The van der Waals surface area contributed by atoms with Gasteiger partial charge in [0, 0.05) is 18.1 Å². The maximum atomic E-state index is 13.4. The van der Waals surface area contributed by atoms with Crippen LogP contribution >= 0.6 is 56.5 Å². The van der Waals surface area contributed by atoms with Gasteiger partial charge in [-0.1, -0.05) is 23.3 Å². The van der Waals surface area contributed by atoms with Gasteiger partial charge < -0.3 is 0 Å². The van der Waals surface area contributed by atoms with Gasteiger partial charge in [-0.05, 0) is 90.2 Å². The molecule has 0 unspecified atom stereocenters. The van der Waals surface area contributed by atoms with Gasteiger partial charge in [-0.2, -0.15) is 0 Å². The van der Waals surface area contributed by atoms with Crippen LogP contribution in [-0.2, 0) is 0 Å². The summed E-state index contributed by atoms with van der Waals surface area (Å²) in [6.07, 6.45) is 0. The Kier molecular flexibility index (Phi) is 6.87. The summed E-state index contributed by atoms with van der Waals surface area (Å²) in [4.78, 5) is 32.4. The van der Waals surface area contributed by atoms with Gasteiger partial charge in [-0.3, -0.25) is 14.5 Å². The van der Waals surface area contributed by atoms with Crippen molar-refractivity contribution in [3.05, 3.63) is 76.9 Å². The number of aromatic nitrogens is 1. The Balaban J connectivity index is 2.00. The molecule has 1 heterocycles. The third-order valence-electron chi connectivity index (χ3n) is 4.16. The third-order valence-corrected chi connectivity index (χ3v) is 7.02. The number of hydrogen-bond donors (Lipinski definition) is 0. The molecular formula is C21H18I2N2O2S. The van der Waals surface area contributed by atoms with Crippen molar-refractivity contribution in [1.82, 2.24) is 4.98 Å². The van der Waals surface area contributed by atoms with Crippen LogP contribution in [0.3, 0.4) is 0 Å². The maximum absolute atomic E-state index is 13.4. The van der Waals surface area contributed by atoms with Crippen LogP contribution in [0, 0.1) is 27.9 Å². The predicted octanol–water partition coefficient (Wildman–Crippen LogP) is 5.81. The molecule has 7 heteroatoms. The van der Waals surface area contributed by atoms with Gasteiger partial charge in [-0.25, -0.2) is 4.98 Å². The number of hydrogen-bond acceptors (Lipinski definition) is 4. The Morgan fingerprint density at radius 3 is 2.11 bits per heavy atom. The summed E-state index contributed by atoms with van der Waals surface area (Å²) in [5, 5.41) is 2.42. The number of rotatable bonds is 5. The number of nitrogens with zero attached hydrogens (tertiary/aromatic N) is 2. The monoisotopic (exact) mass is 616 g/mol. The van der Waals surface area contributed by atoms with E-state index in [1.807, 2.05) is 62.5 Å². The van der Waals surface area contributed by atoms with E-state index in [9.17, 15) is 9.59 Å². The maximum Gasteiger partial charge on any atom is 0.261 e. The van der Waals surface area contributed by atoms with Crippen molar-refractivity contribution in [2.45, 2.75) is 20.8 Å². The van der Waals surface area contributed by atoms with E-state index in [1.54, 1.807) is 0 Å². The molecule has 0 N–H and O–H groups in total. The second kappa shape index (κ2) is 9.00. The lowest BCUT2D eigenvalue weighted by Crippen LogP contribution is -2.36. The molecule has 2 aromatic carbocycles. The molecule has 4 nitrogen and oxygen atoms in total. The summed E-state index contributed by atoms with van der Waals surface area (Å²) >= 11 is 5.69. The molecule has 3 rings (SSSR count). The van der Waals surface area contributed by atoms with Crippen LogP contribution < -0.4 is 4.90 Å². The molecule has 0 aliphatic heterocycles. The molecule has 0 fully saturated rings. The summed E-state index contributed by atoms with van der Waals surface area (Å²) in [6.45, 7) is 5.74. The highest BCUT2D eigenvalue weighted by molar-refractivity contribution is 14.1. The first-order valence-corrected chi connectivity index (χ1v) is 11.6. The molecule has 0 saturated carbocycles. The molecule has 28 heavy (non-hydrogen) atoms. The number of carbonyl (C=O) groups is 2. The van der Waals surface area contributed by atoms with Crippen molar-refractivity contribution in [2.75, 3.05) is 11.4 Å². The van der Waals surface area contributed by atoms with E-state index in [-0.39, 0.29) is 18.2 Å². The molecule has 0 aliphatic rings. The third kappa shape index (κ3) is 4.80. The van der Waals surface area contributed by atoms with Crippen molar-refractivity contribution in [3.63, 3.8) is 0 Å². The average molecular weight is 616 g/mol. The summed E-state index contributed by atoms with van der Waals surface area (Å²) in [6, 6.07) is 11.5. The SMILES string of the molecule is Cc1ccc(I)c(C(=O)CN(C(=O)c2cc(C)ccc2I)c2nc(C)cs2)c1. The first-order valence-electron chi connectivity index (χ1n) is 8.55. The smallest absolute Gasteiger partial charge is 0.261 e. The van der Waals surface area contributed by atoms with Gasteiger partial charge in [-0.15, -0.1) is 11.3 Å². The predicted molar refractivity (Wildman–Crippen MR) is 131 cm³/mol. The highest BCUT2D eigenvalue weighted by Crippen LogP contribution is 2.25. The fourth-order valence-corrected chi connectivity index (χ4v) is 4.72. The Morgan fingerprint density at radius 1 is 0.964 bits per heavy atom. The van der Waals surface area contributed by atoms with Crippen molar-refractivity contribution in [3.8, 4) is 0 Å². The van der Waals surface area contributed by atoms with Gasteiger partial charge in [0.05, 0.1) is 17.8 Å². The minimum atomic E-state index is -0.210.